The van der Waals surface area contributed by atoms with Crippen molar-refractivity contribution < 1.29 is 14.3 Å². The number of hydrogen-bond acceptors (Lipinski definition) is 3. The lowest BCUT2D eigenvalue weighted by Crippen LogP contribution is -2.47. The standard InChI is InChI=1S/C13H21NO3/c1-2-10-9-14(6-3-12(10)15)13(16)11-4-7-17-8-5-11/h10-11H,2-9H2,1H3. The lowest BCUT2D eigenvalue weighted by atomic mass is 9.91. The summed E-state index contributed by atoms with van der Waals surface area (Å²) in [7, 11) is 0. The summed E-state index contributed by atoms with van der Waals surface area (Å²) < 4.78 is 5.27. The molecular weight excluding hydrogens is 218 g/mol. The normalized spacial score (nSPS) is 27.2. The Hall–Kier alpha value is -0.900. The molecular formula is C13H21NO3. The molecule has 0 saturated carbocycles. The molecule has 0 spiro atoms. The smallest absolute Gasteiger partial charge is 0.225 e. The van der Waals surface area contributed by atoms with Gasteiger partial charge in [-0.3, -0.25) is 9.59 Å². The number of amides is 1. The third-order valence-electron chi connectivity index (χ3n) is 3.90. The van der Waals surface area contributed by atoms with E-state index in [0.29, 0.717) is 38.5 Å². The van der Waals surface area contributed by atoms with Crippen LogP contribution in [0.25, 0.3) is 0 Å². The molecule has 2 aliphatic rings. The maximum atomic E-state index is 12.3. The Labute approximate surface area is 102 Å². The maximum Gasteiger partial charge on any atom is 0.225 e. The molecule has 1 unspecified atom stereocenters. The summed E-state index contributed by atoms with van der Waals surface area (Å²) in [6, 6.07) is 0. The molecule has 0 N–H and O–H groups in total. The topological polar surface area (TPSA) is 46.6 Å². The molecule has 2 saturated heterocycles. The van der Waals surface area contributed by atoms with E-state index in [9.17, 15) is 9.59 Å². The highest BCUT2D eigenvalue weighted by atomic mass is 16.5. The fourth-order valence-corrected chi connectivity index (χ4v) is 2.67. The number of rotatable bonds is 2. The lowest BCUT2D eigenvalue weighted by Gasteiger charge is -2.34. The second-order valence-corrected chi connectivity index (χ2v) is 4.99. The zero-order valence-electron chi connectivity index (χ0n) is 10.5. The summed E-state index contributed by atoms with van der Waals surface area (Å²) in [4.78, 5) is 25.8. The summed E-state index contributed by atoms with van der Waals surface area (Å²) in [5, 5.41) is 0. The fourth-order valence-electron chi connectivity index (χ4n) is 2.67. The Kier molecular flexibility index (Phi) is 4.15. The molecule has 0 aromatic carbocycles. The summed E-state index contributed by atoms with van der Waals surface area (Å²) in [5.41, 5.74) is 0. The van der Waals surface area contributed by atoms with Crippen LogP contribution in [0.4, 0.5) is 0 Å². The molecule has 0 aromatic heterocycles. The van der Waals surface area contributed by atoms with Crippen LogP contribution in [-0.4, -0.2) is 42.9 Å². The van der Waals surface area contributed by atoms with Crippen LogP contribution in [0.15, 0.2) is 0 Å². The third-order valence-corrected chi connectivity index (χ3v) is 3.90. The van der Waals surface area contributed by atoms with Gasteiger partial charge in [-0.05, 0) is 19.3 Å². The van der Waals surface area contributed by atoms with Crippen molar-refractivity contribution in [1.29, 1.82) is 0 Å². The molecule has 17 heavy (non-hydrogen) atoms. The molecule has 2 aliphatic heterocycles. The minimum Gasteiger partial charge on any atom is -0.381 e. The first-order valence-corrected chi connectivity index (χ1v) is 6.61. The van der Waals surface area contributed by atoms with Crippen molar-refractivity contribution in [1.82, 2.24) is 4.90 Å². The Morgan fingerprint density at radius 3 is 2.76 bits per heavy atom. The van der Waals surface area contributed by atoms with Gasteiger partial charge in [0.2, 0.25) is 5.91 Å². The molecule has 2 fully saturated rings. The Balaban J connectivity index is 1.92. The van der Waals surface area contributed by atoms with E-state index in [1.165, 1.54) is 0 Å². The predicted octanol–water partition coefficient (Wildman–Crippen LogP) is 1.24. The van der Waals surface area contributed by atoms with Gasteiger partial charge in [0, 0.05) is 44.6 Å². The first-order valence-electron chi connectivity index (χ1n) is 6.61. The molecule has 0 radical (unpaired) electrons. The first-order chi connectivity index (χ1) is 8.22. The minimum atomic E-state index is 0.0625. The lowest BCUT2D eigenvalue weighted by molar-refractivity contribution is -0.143. The molecule has 1 amide bonds. The number of ketones is 1. The van der Waals surface area contributed by atoms with Crippen LogP contribution >= 0.6 is 0 Å². The van der Waals surface area contributed by atoms with E-state index in [1.807, 2.05) is 11.8 Å². The van der Waals surface area contributed by atoms with Crippen molar-refractivity contribution in [3.63, 3.8) is 0 Å². The number of hydrogen-bond donors (Lipinski definition) is 0. The van der Waals surface area contributed by atoms with Gasteiger partial charge in [-0.15, -0.1) is 0 Å². The summed E-state index contributed by atoms with van der Waals surface area (Å²) in [6.07, 6.45) is 3.05. The van der Waals surface area contributed by atoms with E-state index in [4.69, 9.17) is 4.74 Å². The van der Waals surface area contributed by atoms with Gasteiger partial charge in [-0.1, -0.05) is 6.92 Å². The van der Waals surface area contributed by atoms with Gasteiger partial charge < -0.3 is 9.64 Å². The molecule has 2 heterocycles. The van der Waals surface area contributed by atoms with Gasteiger partial charge in [0.15, 0.2) is 0 Å². The highest BCUT2D eigenvalue weighted by Crippen LogP contribution is 2.22. The zero-order chi connectivity index (χ0) is 12.3. The SMILES string of the molecule is CCC1CN(C(=O)C2CCOCC2)CCC1=O. The summed E-state index contributed by atoms with van der Waals surface area (Å²) >= 11 is 0. The number of likely N-dealkylation sites (tertiary alicyclic amines) is 1. The minimum absolute atomic E-state index is 0.0625. The second kappa shape index (κ2) is 5.63. The highest BCUT2D eigenvalue weighted by molar-refractivity contribution is 5.86. The van der Waals surface area contributed by atoms with E-state index in [1.54, 1.807) is 0 Å². The van der Waals surface area contributed by atoms with Crippen molar-refractivity contribution in [3.05, 3.63) is 0 Å². The molecule has 0 aliphatic carbocycles. The van der Waals surface area contributed by atoms with Crippen molar-refractivity contribution in [2.75, 3.05) is 26.3 Å². The van der Waals surface area contributed by atoms with Crippen molar-refractivity contribution in [2.24, 2.45) is 11.8 Å². The molecule has 4 heteroatoms. The largest absolute Gasteiger partial charge is 0.381 e. The van der Waals surface area contributed by atoms with Crippen molar-refractivity contribution in [3.8, 4) is 0 Å². The van der Waals surface area contributed by atoms with Gasteiger partial charge in [-0.2, -0.15) is 0 Å². The highest BCUT2D eigenvalue weighted by Gasteiger charge is 2.32. The average Bonchev–Trinajstić information content (AvgIpc) is 2.39. The molecule has 0 bridgehead atoms. The van der Waals surface area contributed by atoms with Crippen LogP contribution in [0, 0.1) is 11.8 Å². The predicted molar refractivity (Wildman–Crippen MR) is 63.5 cm³/mol. The van der Waals surface area contributed by atoms with Crippen LogP contribution in [0.5, 0.6) is 0 Å². The number of piperidine rings is 1. The molecule has 96 valence electrons. The second-order valence-electron chi connectivity index (χ2n) is 4.99. The number of nitrogens with zero attached hydrogens (tertiary/aromatic N) is 1. The fraction of sp³-hybridized carbons (Fsp3) is 0.846. The van der Waals surface area contributed by atoms with Crippen LogP contribution in [0.2, 0.25) is 0 Å². The van der Waals surface area contributed by atoms with E-state index in [-0.39, 0.29) is 17.7 Å². The summed E-state index contributed by atoms with van der Waals surface area (Å²) in [6.45, 7) is 4.66. The average molecular weight is 239 g/mol. The first kappa shape index (κ1) is 12.6. The quantitative estimate of drug-likeness (QED) is 0.728. The Bertz CT molecular complexity index is 297. The number of carbonyl (C=O) groups excluding carboxylic acids is 2. The monoisotopic (exact) mass is 239 g/mol. The molecule has 1 atom stereocenters. The van der Waals surface area contributed by atoms with Gasteiger partial charge in [0.25, 0.3) is 0 Å². The molecule has 2 rings (SSSR count). The van der Waals surface area contributed by atoms with Crippen LogP contribution in [0.3, 0.4) is 0 Å². The van der Waals surface area contributed by atoms with E-state index in [0.717, 1.165) is 19.3 Å². The third kappa shape index (κ3) is 2.86. The van der Waals surface area contributed by atoms with Crippen LogP contribution < -0.4 is 0 Å². The Morgan fingerprint density at radius 2 is 2.12 bits per heavy atom. The van der Waals surface area contributed by atoms with Crippen LogP contribution in [0.1, 0.15) is 32.6 Å². The number of Topliss-reactive ketones (excluding diaryl/α,β-unsaturated/α-hetero) is 1. The summed E-state index contributed by atoms with van der Waals surface area (Å²) in [5.74, 6) is 0.741. The van der Waals surface area contributed by atoms with Gasteiger partial charge in [-0.25, -0.2) is 0 Å². The maximum absolute atomic E-state index is 12.3. The van der Waals surface area contributed by atoms with E-state index < -0.39 is 0 Å². The van der Waals surface area contributed by atoms with Gasteiger partial charge in [0.05, 0.1) is 0 Å². The number of carbonyl (C=O) groups is 2. The van der Waals surface area contributed by atoms with E-state index >= 15 is 0 Å². The van der Waals surface area contributed by atoms with Gasteiger partial charge >= 0.3 is 0 Å². The van der Waals surface area contributed by atoms with Crippen molar-refractivity contribution in [2.45, 2.75) is 32.6 Å². The molecule has 4 nitrogen and oxygen atoms in total. The number of ether oxygens (including phenoxy) is 1. The van der Waals surface area contributed by atoms with Gasteiger partial charge in [0.1, 0.15) is 5.78 Å². The van der Waals surface area contributed by atoms with Crippen LogP contribution in [-0.2, 0) is 14.3 Å². The Morgan fingerprint density at radius 1 is 1.41 bits per heavy atom. The van der Waals surface area contributed by atoms with Crippen molar-refractivity contribution >= 4 is 11.7 Å². The molecule has 0 aromatic rings. The zero-order valence-corrected chi connectivity index (χ0v) is 10.5. The van der Waals surface area contributed by atoms with E-state index in [2.05, 4.69) is 0 Å².